The van der Waals surface area contributed by atoms with Crippen LogP contribution in [0.4, 0.5) is 14.6 Å². The molecule has 4 rings (SSSR count). The number of nitrogens with zero attached hydrogens (tertiary/aromatic N) is 4. The minimum atomic E-state index is -0.962. The molecule has 2 heterocycles. The number of halogens is 2. The van der Waals surface area contributed by atoms with Crippen molar-refractivity contribution < 1.29 is 13.6 Å². The molecule has 0 saturated carbocycles. The monoisotopic (exact) mass is 353 g/mol. The number of fused-ring (bicyclic) bond motifs is 1. The van der Waals surface area contributed by atoms with Gasteiger partial charge in [0.1, 0.15) is 6.54 Å². The molecule has 1 amide bonds. The van der Waals surface area contributed by atoms with Gasteiger partial charge in [0.05, 0.1) is 23.0 Å². The van der Waals surface area contributed by atoms with E-state index in [9.17, 15) is 13.6 Å². The Hall–Kier alpha value is -3.55. The van der Waals surface area contributed by atoms with Crippen LogP contribution in [0.1, 0.15) is 0 Å². The van der Waals surface area contributed by atoms with Gasteiger partial charge in [0, 0.05) is 18.3 Å². The molecule has 0 aliphatic carbocycles. The summed E-state index contributed by atoms with van der Waals surface area (Å²) in [4.78, 5) is 16.5. The van der Waals surface area contributed by atoms with Crippen LogP contribution in [-0.2, 0) is 11.3 Å². The van der Waals surface area contributed by atoms with Gasteiger partial charge in [-0.25, -0.2) is 18.4 Å². The van der Waals surface area contributed by atoms with E-state index in [1.54, 1.807) is 23.2 Å². The van der Waals surface area contributed by atoms with Crippen LogP contribution in [0, 0.1) is 11.6 Å². The molecule has 0 spiro atoms. The van der Waals surface area contributed by atoms with E-state index in [1.165, 1.54) is 10.7 Å². The van der Waals surface area contributed by atoms with E-state index in [0.29, 0.717) is 11.5 Å². The van der Waals surface area contributed by atoms with Gasteiger partial charge in [-0.3, -0.25) is 4.79 Å². The molecule has 130 valence electrons. The molecular formula is C18H13F2N5O. The first-order valence-corrected chi connectivity index (χ1v) is 7.81. The van der Waals surface area contributed by atoms with Gasteiger partial charge in [0.15, 0.2) is 17.5 Å². The van der Waals surface area contributed by atoms with Gasteiger partial charge in [-0.1, -0.05) is 12.1 Å². The Morgan fingerprint density at radius 3 is 2.77 bits per heavy atom. The Morgan fingerprint density at radius 2 is 1.92 bits per heavy atom. The molecular weight excluding hydrogens is 340 g/mol. The summed E-state index contributed by atoms with van der Waals surface area (Å²) in [5.74, 6) is -1.86. The highest BCUT2D eigenvalue weighted by Gasteiger charge is 2.10. The lowest BCUT2D eigenvalue weighted by atomic mass is 10.3. The molecule has 0 saturated heterocycles. The second-order valence-corrected chi connectivity index (χ2v) is 5.65. The van der Waals surface area contributed by atoms with Crippen molar-refractivity contribution in [3.8, 4) is 5.69 Å². The molecule has 0 fully saturated rings. The van der Waals surface area contributed by atoms with Crippen molar-refractivity contribution in [2.24, 2.45) is 0 Å². The van der Waals surface area contributed by atoms with Crippen LogP contribution in [0.5, 0.6) is 0 Å². The minimum Gasteiger partial charge on any atom is -0.321 e. The zero-order chi connectivity index (χ0) is 18.1. The van der Waals surface area contributed by atoms with Gasteiger partial charge in [-0.15, -0.1) is 0 Å². The van der Waals surface area contributed by atoms with E-state index < -0.39 is 11.6 Å². The number of nitrogens with one attached hydrogen (secondary N) is 1. The van der Waals surface area contributed by atoms with Crippen molar-refractivity contribution in [3.63, 3.8) is 0 Å². The number of rotatable bonds is 4. The first kappa shape index (κ1) is 15.9. The minimum absolute atomic E-state index is 0.0819. The second-order valence-electron chi connectivity index (χ2n) is 5.65. The second kappa shape index (κ2) is 6.40. The highest BCUT2D eigenvalue weighted by Crippen LogP contribution is 2.15. The third kappa shape index (κ3) is 3.04. The largest absolute Gasteiger partial charge is 0.321 e. The molecule has 2 aromatic carbocycles. The van der Waals surface area contributed by atoms with Crippen LogP contribution >= 0.6 is 0 Å². The molecule has 0 bridgehead atoms. The first-order chi connectivity index (χ1) is 12.6. The molecule has 1 N–H and O–H groups in total. The number of aromatic nitrogens is 4. The van der Waals surface area contributed by atoms with Crippen LogP contribution in [0.15, 0.2) is 61.1 Å². The fourth-order valence-corrected chi connectivity index (χ4v) is 2.64. The average Bonchev–Trinajstić information content (AvgIpc) is 3.25. The van der Waals surface area contributed by atoms with Crippen LogP contribution in [0.2, 0.25) is 0 Å². The number of imidazole rings is 1. The fourth-order valence-electron chi connectivity index (χ4n) is 2.64. The molecule has 0 aliphatic heterocycles. The molecule has 0 atom stereocenters. The fraction of sp³-hybridized carbons (Fsp3) is 0.0556. The van der Waals surface area contributed by atoms with Crippen LogP contribution in [0.3, 0.4) is 0 Å². The van der Waals surface area contributed by atoms with E-state index in [1.807, 2.05) is 24.3 Å². The topological polar surface area (TPSA) is 64.7 Å². The molecule has 8 heteroatoms. The maximum Gasteiger partial charge on any atom is 0.245 e. The number of hydrogen-bond donors (Lipinski definition) is 1. The maximum atomic E-state index is 13.3. The number of amides is 1. The average molecular weight is 353 g/mol. The van der Waals surface area contributed by atoms with Crippen molar-refractivity contribution in [3.05, 3.63) is 72.7 Å². The van der Waals surface area contributed by atoms with Crippen molar-refractivity contribution in [2.45, 2.75) is 6.54 Å². The number of hydrogen-bond acceptors (Lipinski definition) is 3. The van der Waals surface area contributed by atoms with E-state index in [0.717, 1.165) is 23.2 Å². The predicted octanol–water partition coefficient (Wildman–Crippen LogP) is 3.14. The SMILES string of the molecule is O=C(Cn1cnc2ccccc21)Nc1ccn(-c2ccc(F)c(F)c2)n1. The Morgan fingerprint density at radius 1 is 1.08 bits per heavy atom. The molecule has 6 nitrogen and oxygen atoms in total. The van der Waals surface area contributed by atoms with Crippen molar-refractivity contribution in [1.82, 2.24) is 19.3 Å². The van der Waals surface area contributed by atoms with Gasteiger partial charge in [-0.2, -0.15) is 5.10 Å². The number of para-hydroxylation sites is 2. The smallest absolute Gasteiger partial charge is 0.245 e. The summed E-state index contributed by atoms with van der Waals surface area (Å²) in [5.41, 5.74) is 2.02. The summed E-state index contributed by atoms with van der Waals surface area (Å²) in [7, 11) is 0. The first-order valence-electron chi connectivity index (χ1n) is 7.81. The molecule has 0 radical (unpaired) electrons. The van der Waals surface area contributed by atoms with Gasteiger partial charge in [0.25, 0.3) is 0 Å². The number of anilines is 1. The predicted molar refractivity (Wildman–Crippen MR) is 91.8 cm³/mol. The zero-order valence-corrected chi connectivity index (χ0v) is 13.4. The molecule has 0 aliphatic rings. The lowest BCUT2D eigenvalue weighted by molar-refractivity contribution is -0.116. The summed E-state index contributed by atoms with van der Waals surface area (Å²) >= 11 is 0. The number of carbonyl (C=O) groups is 1. The molecule has 0 unspecified atom stereocenters. The number of benzene rings is 2. The molecule has 2 aromatic heterocycles. The third-order valence-electron chi connectivity index (χ3n) is 3.87. The van der Waals surface area contributed by atoms with E-state index in [2.05, 4.69) is 15.4 Å². The third-order valence-corrected chi connectivity index (χ3v) is 3.87. The quantitative estimate of drug-likeness (QED) is 0.613. The zero-order valence-electron chi connectivity index (χ0n) is 13.4. The van der Waals surface area contributed by atoms with Gasteiger partial charge < -0.3 is 9.88 Å². The highest BCUT2D eigenvalue weighted by molar-refractivity contribution is 5.90. The Bertz CT molecular complexity index is 1100. The lowest BCUT2D eigenvalue weighted by Crippen LogP contribution is -2.18. The maximum absolute atomic E-state index is 13.3. The van der Waals surface area contributed by atoms with Crippen molar-refractivity contribution in [2.75, 3.05) is 5.32 Å². The molecule has 26 heavy (non-hydrogen) atoms. The van der Waals surface area contributed by atoms with Crippen LogP contribution in [0.25, 0.3) is 16.7 Å². The summed E-state index contributed by atoms with van der Waals surface area (Å²) < 4.78 is 29.4. The number of carbonyl (C=O) groups excluding carboxylic acids is 1. The van der Waals surface area contributed by atoms with E-state index in [-0.39, 0.29) is 12.5 Å². The van der Waals surface area contributed by atoms with Crippen molar-refractivity contribution in [1.29, 1.82) is 0 Å². The van der Waals surface area contributed by atoms with E-state index in [4.69, 9.17) is 0 Å². The van der Waals surface area contributed by atoms with Gasteiger partial charge >= 0.3 is 0 Å². The normalized spacial score (nSPS) is 11.0. The lowest BCUT2D eigenvalue weighted by Gasteiger charge is -2.05. The van der Waals surface area contributed by atoms with Crippen LogP contribution in [-0.4, -0.2) is 25.2 Å². The standard InChI is InChI=1S/C18H13F2N5O/c19-13-6-5-12(9-14(13)20)25-8-7-17(23-25)22-18(26)10-24-11-21-15-3-1-2-4-16(15)24/h1-9,11H,10H2,(H,22,23,26). The van der Waals surface area contributed by atoms with Crippen LogP contribution < -0.4 is 5.32 Å². The van der Waals surface area contributed by atoms with Gasteiger partial charge in [0.2, 0.25) is 5.91 Å². The Balaban J connectivity index is 1.48. The summed E-state index contributed by atoms with van der Waals surface area (Å²) in [6.45, 7) is 0.0819. The summed E-state index contributed by atoms with van der Waals surface area (Å²) in [5, 5.41) is 6.83. The molecule has 4 aromatic rings. The van der Waals surface area contributed by atoms with E-state index >= 15 is 0 Å². The highest BCUT2D eigenvalue weighted by atomic mass is 19.2. The van der Waals surface area contributed by atoms with Crippen molar-refractivity contribution >= 4 is 22.8 Å². The van der Waals surface area contributed by atoms with Gasteiger partial charge in [-0.05, 0) is 24.3 Å². The summed E-state index contributed by atoms with van der Waals surface area (Å²) in [6.07, 6.45) is 3.15. The summed E-state index contributed by atoms with van der Waals surface area (Å²) in [6, 6.07) is 12.5. The Labute approximate surface area is 146 Å². The Kier molecular flexibility index (Phi) is 3.92.